The normalized spacial score (nSPS) is 10.3. The molecule has 2 aromatic rings. The van der Waals surface area contributed by atoms with E-state index in [0.29, 0.717) is 17.8 Å². The second kappa shape index (κ2) is 3.04. The fourth-order valence-corrected chi connectivity index (χ4v) is 1.47. The zero-order valence-corrected chi connectivity index (χ0v) is 7.73. The first-order chi connectivity index (χ1) is 6.76. The summed E-state index contributed by atoms with van der Waals surface area (Å²) in [5.74, 6) is 0.169. The molecule has 2 rings (SSSR count). The maximum absolute atomic E-state index is 9.24. The Bertz CT molecular complexity index is 522. The monoisotopic (exact) mass is 187 g/mol. The van der Waals surface area contributed by atoms with E-state index < -0.39 is 0 Å². The SMILES string of the molecule is CCn1nc2cc(O)ccc2c1C#N. The summed E-state index contributed by atoms with van der Waals surface area (Å²) in [7, 11) is 0. The Hall–Kier alpha value is -2.02. The van der Waals surface area contributed by atoms with Crippen molar-refractivity contribution in [2.24, 2.45) is 0 Å². The van der Waals surface area contributed by atoms with Gasteiger partial charge in [0.25, 0.3) is 0 Å². The molecule has 1 aromatic heterocycles. The number of aryl methyl sites for hydroxylation is 1. The molecule has 0 aliphatic rings. The summed E-state index contributed by atoms with van der Waals surface area (Å²) in [5.41, 5.74) is 1.20. The Morgan fingerprint density at radius 2 is 2.36 bits per heavy atom. The lowest BCUT2D eigenvalue weighted by Gasteiger charge is -1.93. The standard InChI is InChI=1S/C10H9N3O/c1-2-13-10(6-11)8-4-3-7(14)5-9(8)12-13/h3-5,14H,2H2,1H3. The Morgan fingerprint density at radius 1 is 1.57 bits per heavy atom. The number of aromatic hydroxyl groups is 1. The summed E-state index contributed by atoms with van der Waals surface area (Å²) >= 11 is 0. The van der Waals surface area contributed by atoms with Crippen molar-refractivity contribution < 1.29 is 5.11 Å². The third kappa shape index (κ3) is 1.11. The number of nitriles is 1. The summed E-state index contributed by atoms with van der Waals surface area (Å²) < 4.78 is 1.63. The molecule has 0 radical (unpaired) electrons. The first-order valence-electron chi connectivity index (χ1n) is 4.36. The average Bonchev–Trinajstić information content (AvgIpc) is 2.54. The van der Waals surface area contributed by atoms with Crippen LogP contribution in [-0.2, 0) is 6.54 Å². The van der Waals surface area contributed by atoms with E-state index in [-0.39, 0.29) is 5.75 Å². The second-order valence-corrected chi connectivity index (χ2v) is 2.98. The molecular weight excluding hydrogens is 178 g/mol. The van der Waals surface area contributed by atoms with Crippen molar-refractivity contribution in [1.29, 1.82) is 5.26 Å². The fraction of sp³-hybridized carbons (Fsp3) is 0.200. The van der Waals surface area contributed by atoms with Crippen LogP contribution in [0.2, 0.25) is 0 Å². The summed E-state index contributed by atoms with van der Waals surface area (Å²) in [5, 5.41) is 23.2. The van der Waals surface area contributed by atoms with Gasteiger partial charge in [0.05, 0.1) is 5.52 Å². The Labute approximate surface area is 81.0 Å². The molecule has 0 aliphatic heterocycles. The maximum atomic E-state index is 9.24. The largest absolute Gasteiger partial charge is 0.508 e. The van der Waals surface area contributed by atoms with Gasteiger partial charge in [0, 0.05) is 18.0 Å². The molecule has 0 saturated heterocycles. The van der Waals surface area contributed by atoms with Crippen molar-refractivity contribution in [2.75, 3.05) is 0 Å². The van der Waals surface area contributed by atoms with Gasteiger partial charge < -0.3 is 5.11 Å². The maximum Gasteiger partial charge on any atom is 0.146 e. The van der Waals surface area contributed by atoms with Crippen LogP contribution in [0.25, 0.3) is 10.9 Å². The highest BCUT2D eigenvalue weighted by atomic mass is 16.3. The van der Waals surface area contributed by atoms with E-state index in [1.165, 1.54) is 0 Å². The Morgan fingerprint density at radius 3 is 3.00 bits per heavy atom. The minimum absolute atomic E-state index is 0.169. The van der Waals surface area contributed by atoms with Crippen LogP contribution in [0.1, 0.15) is 12.6 Å². The molecule has 1 aromatic carbocycles. The van der Waals surface area contributed by atoms with Gasteiger partial charge in [0.2, 0.25) is 0 Å². The average molecular weight is 187 g/mol. The lowest BCUT2D eigenvalue weighted by atomic mass is 10.2. The van der Waals surface area contributed by atoms with Crippen molar-refractivity contribution in [3.8, 4) is 11.8 Å². The van der Waals surface area contributed by atoms with Crippen LogP contribution in [0.5, 0.6) is 5.75 Å². The summed E-state index contributed by atoms with van der Waals surface area (Å²) in [4.78, 5) is 0. The zero-order chi connectivity index (χ0) is 10.1. The smallest absolute Gasteiger partial charge is 0.146 e. The molecule has 14 heavy (non-hydrogen) atoms. The molecule has 4 heteroatoms. The van der Waals surface area contributed by atoms with Crippen LogP contribution in [-0.4, -0.2) is 14.9 Å². The van der Waals surface area contributed by atoms with Crippen LogP contribution in [0.15, 0.2) is 18.2 Å². The van der Waals surface area contributed by atoms with E-state index in [1.807, 2.05) is 6.92 Å². The Balaban J connectivity index is 2.81. The molecule has 4 nitrogen and oxygen atoms in total. The number of hydrogen-bond donors (Lipinski definition) is 1. The van der Waals surface area contributed by atoms with Crippen LogP contribution in [0.3, 0.4) is 0 Å². The third-order valence-corrected chi connectivity index (χ3v) is 2.13. The number of phenols is 1. The molecular formula is C10H9N3O. The topological polar surface area (TPSA) is 61.8 Å². The van der Waals surface area contributed by atoms with Gasteiger partial charge in [0.15, 0.2) is 0 Å². The molecule has 0 amide bonds. The molecule has 70 valence electrons. The first-order valence-corrected chi connectivity index (χ1v) is 4.36. The number of phenolic OH excluding ortho intramolecular Hbond substituents is 1. The highest BCUT2D eigenvalue weighted by Gasteiger charge is 2.09. The summed E-state index contributed by atoms with van der Waals surface area (Å²) in [6.45, 7) is 2.57. The summed E-state index contributed by atoms with van der Waals surface area (Å²) in [6.07, 6.45) is 0. The van der Waals surface area contributed by atoms with E-state index in [0.717, 1.165) is 5.39 Å². The third-order valence-electron chi connectivity index (χ3n) is 2.13. The van der Waals surface area contributed by atoms with Crippen molar-refractivity contribution >= 4 is 10.9 Å². The molecule has 0 saturated carbocycles. The van der Waals surface area contributed by atoms with Gasteiger partial charge in [-0.3, -0.25) is 4.68 Å². The minimum atomic E-state index is 0.169. The van der Waals surface area contributed by atoms with Gasteiger partial charge in [-0.15, -0.1) is 0 Å². The van der Waals surface area contributed by atoms with E-state index in [2.05, 4.69) is 11.2 Å². The number of aromatic nitrogens is 2. The van der Waals surface area contributed by atoms with Gasteiger partial charge in [-0.2, -0.15) is 10.4 Å². The van der Waals surface area contributed by atoms with Crippen molar-refractivity contribution in [2.45, 2.75) is 13.5 Å². The molecule has 1 heterocycles. The number of hydrogen-bond acceptors (Lipinski definition) is 3. The van der Waals surface area contributed by atoms with E-state index in [4.69, 9.17) is 5.26 Å². The highest BCUT2D eigenvalue weighted by Crippen LogP contribution is 2.21. The van der Waals surface area contributed by atoms with Crippen LogP contribution in [0.4, 0.5) is 0 Å². The highest BCUT2D eigenvalue weighted by molar-refractivity contribution is 5.84. The van der Waals surface area contributed by atoms with Crippen molar-refractivity contribution in [3.05, 3.63) is 23.9 Å². The van der Waals surface area contributed by atoms with Gasteiger partial charge in [-0.05, 0) is 19.1 Å². The van der Waals surface area contributed by atoms with Crippen LogP contribution in [0, 0.1) is 11.3 Å². The molecule has 0 fully saturated rings. The molecule has 0 unspecified atom stereocenters. The van der Waals surface area contributed by atoms with E-state index >= 15 is 0 Å². The zero-order valence-electron chi connectivity index (χ0n) is 7.73. The number of fused-ring (bicyclic) bond motifs is 1. The molecule has 0 bridgehead atoms. The minimum Gasteiger partial charge on any atom is -0.508 e. The predicted octanol–water partition coefficient (Wildman–Crippen LogP) is 1.63. The molecule has 1 N–H and O–H groups in total. The van der Waals surface area contributed by atoms with Crippen LogP contribution >= 0.6 is 0 Å². The van der Waals surface area contributed by atoms with Crippen LogP contribution < -0.4 is 0 Å². The van der Waals surface area contributed by atoms with Crippen molar-refractivity contribution in [1.82, 2.24) is 9.78 Å². The quantitative estimate of drug-likeness (QED) is 0.738. The van der Waals surface area contributed by atoms with Gasteiger partial charge >= 0.3 is 0 Å². The van der Waals surface area contributed by atoms with Gasteiger partial charge in [-0.25, -0.2) is 0 Å². The Kier molecular flexibility index (Phi) is 1.86. The van der Waals surface area contributed by atoms with E-state index in [1.54, 1.807) is 22.9 Å². The van der Waals surface area contributed by atoms with Crippen molar-refractivity contribution in [3.63, 3.8) is 0 Å². The lowest BCUT2D eigenvalue weighted by molar-refractivity contribution is 0.476. The predicted molar refractivity (Wildman–Crippen MR) is 51.8 cm³/mol. The number of rotatable bonds is 1. The van der Waals surface area contributed by atoms with E-state index in [9.17, 15) is 5.11 Å². The first kappa shape index (κ1) is 8.57. The number of nitrogens with zero attached hydrogens (tertiary/aromatic N) is 3. The van der Waals surface area contributed by atoms with Gasteiger partial charge in [-0.1, -0.05) is 0 Å². The van der Waals surface area contributed by atoms with Gasteiger partial charge in [0.1, 0.15) is 17.5 Å². The summed E-state index contributed by atoms with van der Waals surface area (Å²) in [6, 6.07) is 6.94. The fourth-order valence-electron chi connectivity index (χ4n) is 1.47. The lowest BCUT2D eigenvalue weighted by Crippen LogP contribution is -1.98. The second-order valence-electron chi connectivity index (χ2n) is 2.98. The molecule has 0 aliphatic carbocycles. The molecule has 0 atom stereocenters. The number of benzene rings is 1. The molecule has 0 spiro atoms.